The van der Waals surface area contributed by atoms with Crippen molar-refractivity contribution in [3.05, 3.63) is 47.9 Å². The van der Waals surface area contributed by atoms with E-state index in [0.717, 1.165) is 36.6 Å². The first-order chi connectivity index (χ1) is 16.0. The van der Waals surface area contributed by atoms with Crippen LogP contribution in [0, 0.1) is 17.7 Å². The maximum absolute atomic E-state index is 13.5. The normalized spacial score (nSPS) is 21.4. The maximum atomic E-state index is 13.5. The van der Waals surface area contributed by atoms with Crippen LogP contribution >= 0.6 is 0 Å². The van der Waals surface area contributed by atoms with Gasteiger partial charge in [0, 0.05) is 23.5 Å². The van der Waals surface area contributed by atoms with Crippen LogP contribution in [-0.2, 0) is 9.59 Å². The molecule has 1 aliphatic rings. The summed E-state index contributed by atoms with van der Waals surface area (Å²) in [6, 6.07) is 4.20. The van der Waals surface area contributed by atoms with Gasteiger partial charge in [-0.2, -0.15) is 0 Å². The highest BCUT2D eigenvalue weighted by molar-refractivity contribution is 5.90. The number of ketones is 1. The Kier molecular flexibility index (Phi) is 10.5. The number of aromatic amines is 1. The van der Waals surface area contributed by atoms with Gasteiger partial charge in [0.15, 0.2) is 5.78 Å². The van der Waals surface area contributed by atoms with E-state index in [1.807, 2.05) is 26.1 Å². The first-order valence-electron chi connectivity index (χ1n) is 12.4. The Hall–Kier alpha value is -2.47. The summed E-state index contributed by atoms with van der Waals surface area (Å²) >= 11 is 0. The molecule has 1 fully saturated rings. The van der Waals surface area contributed by atoms with Gasteiger partial charge in [-0.15, -0.1) is 6.58 Å². The van der Waals surface area contributed by atoms with Crippen molar-refractivity contribution in [3.8, 4) is 0 Å². The lowest BCUT2D eigenvalue weighted by atomic mass is 9.84. The van der Waals surface area contributed by atoms with E-state index in [2.05, 4.69) is 29.1 Å². The zero-order chi connectivity index (χ0) is 25.4. The van der Waals surface area contributed by atoms with E-state index in [0.29, 0.717) is 24.2 Å². The molecule has 1 amide bonds. The fourth-order valence-electron chi connectivity index (χ4n) is 4.83. The molecule has 6 heteroatoms. The maximum Gasteiger partial charge on any atom is 0.237 e. The van der Waals surface area contributed by atoms with E-state index >= 15 is 0 Å². The summed E-state index contributed by atoms with van der Waals surface area (Å²) in [7, 11) is 1.72. The summed E-state index contributed by atoms with van der Waals surface area (Å²) in [6.07, 6.45) is 6.68. The van der Waals surface area contributed by atoms with Crippen LogP contribution < -0.4 is 10.6 Å². The fourth-order valence-corrected chi connectivity index (χ4v) is 4.83. The number of H-pyrrole nitrogens is 1. The van der Waals surface area contributed by atoms with E-state index in [1.165, 1.54) is 17.2 Å². The number of benzene rings is 1. The van der Waals surface area contributed by atoms with Crippen LogP contribution in [0.15, 0.2) is 36.5 Å². The van der Waals surface area contributed by atoms with E-state index in [-0.39, 0.29) is 23.5 Å². The summed E-state index contributed by atoms with van der Waals surface area (Å²) in [5.74, 6) is 1.30. The second kappa shape index (κ2) is 12.8. The van der Waals surface area contributed by atoms with Crippen LogP contribution in [0.25, 0.3) is 10.9 Å². The first-order valence-corrected chi connectivity index (χ1v) is 12.4. The van der Waals surface area contributed by atoms with Gasteiger partial charge in [0.1, 0.15) is 5.82 Å². The van der Waals surface area contributed by atoms with Crippen LogP contribution in [0.1, 0.15) is 78.2 Å². The minimum atomic E-state index is -0.450. The summed E-state index contributed by atoms with van der Waals surface area (Å²) in [5.41, 5.74) is 3.31. The Morgan fingerprint density at radius 2 is 1.88 bits per heavy atom. The lowest BCUT2D eigenvalue weighted by Crippen LogP contribution is -2.46. The van der Waals surface area contributed by atoms with E-state index in [4.69, 9.17) is 0 Å². The van der Waals surface area contributed by atoms with Crippen molar-refractivity contribution >= 4 is 22.6 Å². The molecular formula is C28H42FN3O2. The lowest BCUT2D eigenvalue weighted by molar-refractivity contribution is -0.128. The molecule has 1 saturated carbocycles. The minimum absolute atomic E-state index is 0.0903. The molecule has 0 spiro atoms. The molecule has 1 aromatic carbocycles. The Labute approximate surface area is 204 Å². The van der Waals surface area contributed by atoms with Crippen molar-refractivity contribution in [1.29, 1.82) is 0 Å². The fraction of sp³-hybridized carbons (Fsp3) is 0.571. The van der Waals surface area contributed by atoms with Gasteiger partial charge in [-0.05, 0) is 102 Å². The number of likely N-dealkylation sites (N-methyl/N-ethyl adjacent to an activating group) is 1. The number of allylic oxidation sites excluding steroid dienone is 1. The Bertz CT molecular complexity index is 979. The van der Waals surface area contributed by atoms with Crippen LogP contribution in [0.5, 0.6) is 0 Å². The topological polar surface area (TPSA) is 74.0 Å². The average molecular weight is 472 g/mol. The van der Waals surface area contributed by atoms with Crippen molar-refractivity contribution < 1.29 is 14.0 Å². The smallest absolute Gasteiger partial charge is 0.237 e. The van der Waals surface area contributed by atoms with Crippen molar-refractivity contribution in [2.45, 2.75) is 84.7 Å². The van der Waals surface area contributed by atoms with E-state index in [1.54, 1.807) is 27.0 Å². The summed E-state index contributed by atoms with van der Waals surface area (Å²) < 4.78 is 13.5. The van der Waals surface area contributed by atoms with Crippen molar-refractivity contribution in [2.24, 2.45) is 11.8 Å². The van der Waals surface area contributed by atoms with Gasteiger partial charge >= 0.3 is 0 Å². The third kappa shape index (κ3) is 7.52. The Morgan fingerprint density at radius 3 is 2.53 bits per heavy atom. The van der Waals surface area contributed by atoms with Crippen LogP contribution in [0.2, 0.25) is 0 Å². The van der Waals surface area contributed by atoms with Gasteiger partial charge in [-0.25, -0.2) is 4.39 Å². The van der Waals surface area contributed by atoms with Gasteiger partial charge in [-0.3, -0.25) is 9.59 Å². The van der Waals surface area contributed by atoms with Crippen LogP contribution in [0.4, 0.5) is 4.39 Å². The third-order valence-electron chi connectivity index (χ3n) is 6.97. The van der Waals surface area contributed by atoms with Gasteiger partial charge in [0.2, 0.25) is 5.91 Å². The number of carbonyl (C=O) groups is 2. The molecule has 34 heavy (non-hydrogen) atoms. The number of hydrogen-bond acceptors (Lipinski definition) is 3. The van der Waals surface area contributed by atoms with Gasteiger partial charge < -0.3 is 15.6 Å². The number of aromatic nitrogens is 1. The van der Waals surface area contributed by atoms with Crippen LogP contribution in [-0.4, -0.2) is 35.8 Å². The number of rotatable bonds is 9. The molecule has 5 atom stereocenters. The molecule has 1 unspecified atom stereocenters. The van der Waals surface area contributed by atoms with Gasteiger partial charge in [-0.1, -0.05) is 12.5 Å². The predicted molar refractivity (Wildman–Crippen MR) is 138 cm³/mol. The zero-order valence-electron chi connectivity index (χ0n) is 21.6. The van der Waals surface area contributed by atoms with Gasteiger partial charge in [0.25, 0.3) is 0 Å². The highest BCUT2D eigenvalue weighted by atomic mass is 19.1. The number of hydrogen-bond donors (Lipinski definition) is 3. The minimum Gasteiger partial charge on any atom is -0.361 e. The Balaban J connectivity index is 0.000000945. The highest BCUT2D eigenvalue weighted by Gasteiger charge is 2.34. The number of nitrogens with one attached hydrogen (secondary N) is 3. The number of fused-ring (bicyclic) bond motifs is 1. The standard InChI is InChI=1S/C24H34FN3O2.C4H8/c1-14-17(6-5-7-23(29)15(2)28-24(30)16(3)26-4)8-10-19(14)21-13-27-22-12-18(25)9-11-20(21)22;1-4(2)3/h9,11-17,19,26-27H,5-8,10H2,1-4H3,(H,28,30);1H2,2-3H3/t14-,15?,16-,17-,19-;/m0./s1. The molecule has 188 valence electrons. The molecule has 1 aliphatic carbocycles. The monoisotopic (exact) mass is 471 g/mol. The summed E-state index contributed by atoms with van der Waals surface area (Å²) in [6.45, 7) is 13.3. The molecule has 2 aromatic rings. The number of amides is 1. The Morgan fingerprint density at radius 1 is 1.21 bits per heavy atom. The number of halogens is 1. The summed E-state index contributed by atoms with van der Waals surface area (Å²) in [4.78, 5) is 27.5. The molecule has 0 bridgehead atoms. The number of carbonyl (C=O) groups excluding carboxylic acids is 2. The number of Topliss-reactive ketones (excluding diaryl/α,β-unsaturated/α-hetero) is 1. The second-order valence-corrected chi connectivity index (χ2v) is 10.0. The molecular weight excluding hydrogens is 429 g/mol. The highest BCUT2D eigenvalue weighted by Crippen LogP contribution is 2.47. The lowest BCUT2D eigenvalue weighted by Gasteiger charge is -2.21. The van der Waals surface area contributed by atoms with E-state index in [9.17, 15) is 14.0 Å². The molecule has 1 aromatic heterocycles. The molecule has 3 rings (SSSR count). The zero-order valence-corrected chi connectivity index (χ0v) is 21.6. The largest absolute Gasteiger partial charge is 0.361 e. The van der Waals surface area contributed by atoms with E-state index < -0.39 is 6.04 Å². The van der Waals surface area contributed by atoms with Crippen molar-refractivity contribution in [3.63, 3.8) is 0 Å². The molecule has 0 radical (unpaired) electrons. The summed E-state index contributed by atoms with van der Waals surface area (Å²) in [5, 5.41) is 6.78. The predicted octanol–water partition coefficient (Wildman–Crippen LogP) is 5.87. The molecule has 0 aliphatic heterocycles. The SMILES string of the molecule is C=C(C)C.CN[C@@H](C)C(=O)NC(C)C(=O)CCC[C@H]1CC[C@H](c2c[nH]c3cc(F)ccc23)[C@H]1C. The van der Waals surface area contributed by atoms with Crippen LogP contribution in [0.3, 0.4) is 0 Å². The quantitative estimate of drug-likeness (QED) is 0.400. The molecule has 5 nitrogen and oxygen atoms in total. The average Bonchev–Trinajstić information content (AvgIpc) is 3.35. The van der Waals surface area contributed by atoms with Crippen molar-refractivity contribution in [1.82, 2.24) is 15.6 Å². The van der Waals surface area contributed by atoms with Gasteiger partial charge in [0.05, 0.1) is 12.1 Å². The first kappa shape index (κ1) is 27.8. The molecule has 1 heterocycles. The molecule has 3 N–H and O–H groups in total. The second-order valence-electron chi connectivity index (χ2n) is 10.0. The van der Waals surface area contributed by atoms with Crippen molar-refractivity contribution in [2.75, 3.05) is 7.05 Å². The molecule has 0 saturated heterocycles. The third-order valence-corrected chi connectivity index (χ3v) is 6.97.